The summed E-state index contributed by atoms with van der Waals surface area (Å²) < 4.78 is 23.0. The van der Waals surface area contributed by atoms with Crippen LogP contribution in [0.25, 0.3) is 32.5 Å². The molecule has 0 saturated carbocycles. The molecule has 1 aliphatic rings. The molecule has 5 atom stereocenters. The van der Waals surface area contributed by atoms with Crippen LogP contribution in [0.5, 0.6) is 17.2 Å². The molecule has 0 radical (unpaired) electrons. The average molecular weight is 497 g/mol. The number of phenolic OH excluding ortho intramolecular Hbond substituents is 1. The number of methoxy groups -OCH3 is 2. The minimum atomic E-state index is -1.89. The summed E-state index contributed by atoms with van der Waals surface area (Å²) in [6.45, 7) is 4.75. The number of benzene rings is 3. The smallest absolute Gasteiger partial charge is 0.344 e. The molecule has 1 aliphatic heterocycles. The van der Waals surface area contributed by atoms with Gasteiger partial charge in [0, 0.05) is 16.2 Å². The molecular formula is C27H28O9. The zero-order valence-corrected chi connectivity index (χ0v) is 20.5. The van der Waals surface area contributed by atoms with Gasteiger partial charge in [-0.2, -0.15) is 0 Å². The number of hydrogen-bond acceptors (Lipinski definition) is 9. The SMILES string of the molecule is COc1cc2c(oc(=O)c3cc(C)cc(OC)c32)c2c([C@@H]3O[C@@H](C)[C@@H](O)[C@](C)(O)[C@@H]3O)ccc(O)c12. The first-order valence-electron chi connectivity index (χ1n) is 11.5. The van der Waals surface area contributed by atoms with Crippen LogP contribution in [0, 0.1) is 6.92 Å². The number of ether oxygens (including phenoxy) is 3. The van der Waals surface area contributed by atoms with E-state index in [2.05, 4.69) is 0 Å². The summed E-state index contributed by atoms with van der Waals surface area (Å²) in [5, 5.41) is 45.0. The van der Waals surface area contributed by atoms with Crippen molar-refractivity contribution in [1.82, 2.24) is 0 Å². The molecular weight excluding hydrogens is 468 g/mol. The van der Waals surface area contributed by atoms with E-state index in [-0.39, 0.29) is 22.1 Å². The van der Waals surface area contributed by atoms with E-state index in [1.165, 1.54) is 33.3 Å². The number of aliphatic hydroxyl groups excluding tert-OH is 2. The number of hydrogen-bond donors (Lipinski definition) is 4. The number of fused-ring (bicyclic) bond motifs is 5. The van der Waals surface area contributed by atoms with Crippen molar-refractivity contribution in [2.75, 3.05) is 14.2 Å². The van der Waals surface area contributed by atoms with Crippen LogP contribution in [0.3, 0.4) is 0 Å². The largest absolute Gasteiger partial charge is 0.507 e. The minimum absolute atomic E-state index is 0.130. The molecule has 0 bridgehead atoms. The predicted molar refractivity (Wildman–Crippen MR) is 133 cm³/mol. The highest BCUT2D eigenvalue weighted by molar-refractivity contribution is 6.19. The van der Waals surface area contributed by atoms with E-state index in [0.717, 1.165) is 5.56 Å². The van der Waals surface area contributed by atoms with Crippen LogP contribution in [-0.4, -0.2) is 58.6 Å². The lowest BCUT2D eigenvalue weighted by Crippen LogP contribution is -2.61. The van der Waals surface area contributed by atoms with Crippen molar-refractivity contribution >= 4 is 32.5 Å². The third kappa shape index (κ3) is 3.35. The highest BCUT2D eigenvalue weighted by Crippen LogP contribution is 2.48. The van der Waals surface area contributed by atoms with Gasteiger partial charge in [-0.05, 0) is 56.2 Å². The van der Waals surface area contributed by atoms with E-state index in [1.807, 2.05) is 6.92 Å². The predicted octanol–water partition coefficient (Wildman–Crippen LogP) is 3.06. The number of aliphatic hydroxyl groups is 3. The maximum atomic E-state index is 13.2. The van der Waals surface area contributed by atoms with Gasteiger partial charge in [0.1, 0.15) is 46.7 Å². The molecule has 1 fully saturated rings. The van der Waals surface area contributed by atoms with Gasteiger partial charge in [-0.25, -0.2) is 4.79 Å². The van der Waals surface area contributed by atoms with Crippen LogP contribution in [-0.2, 0) is 4.74 Å². The fraction of sp³-hybridized carbons (Fsp3) is 0.370. The molecule has 4 aromatic rings. The third-order valence-corrected chi connectivity index (χ3v) is 7.18. The van der Waals surface area contributed by atoms with Gasteiger partial charge in [0.25, 0.3) is 0 Å². The summed E-state index contributed by atoms with van der Waals surface area (Å²) in [4.78, 5) is 13.2. The second-order valence-corrected chi connectivity index (χ2v) is 9.54. The Kier molecular flexibility index (Phi) is 5.64. The van der Waals surface area contributed by atoms with E-state index < -0.39 is 35.6 Å². The van der Waals surface area contributed by atoms with Crippen molar-refractivity contribution in [1.29, 1.82) is 0 Å². The van der Waals surface area contributed by atoms with Gasteiger partial charge < -0.3 is 39.1 Å². The van der Waals surface area contributed by atoms with E-state index >= 15 is 0 Å². The molecule has 2 heterocycles. The van der Waals surface area contributed by atoms with Gasteiger partial charge in [0.15, 0.2) is 0 Å². The highest BCUT2D eigenvalue weighted by Gasteiger charge is 2.51. The molecule has 4 N–H and O–H groups in total. The summed E-state index contributed by atoms with van der Waals surface area (Å²) in [5.41, 5.74) is -1.22. The third-order valence-electron chi connectivity index (χ3n) is 7.18. The number of phenols is 1. The van der Waals surface area contributed by atoms with Crippen LogP contribution in [0.2, 0.25) is 0 Å². The molecule has 36 heavy (non-hydrogen) atoms. The number of rotatable bonds is 3. The average Bonchev–Trinajstić information content (AvgIpc) is 2.85. The monoisotopic (exact) mass is 496 g/mol. The van der Waals surface area contributed by atoms with Crippen LogP contribution in [0.4, 0.5) is 0 Å². The van der Waals surface area contributed by atoms with E-state index in [0.29, 0.717) is 33.2 Å². The number of aromatic hydroxyl groups is 1. The van der Waals surface area contributed by atoms with E-state index in [1.54, 1.807) is 25.1 Å². The Morgan fingerprint density at radius 3 is 2.28 bits per heavy atom. The first kappa shape index (κ1) is 24.3. The zero-order valence-electron chi connectivity index (χ0n) is 20.5. The van der Waals surface area contributed by atoms with Gasteiger partial charge in [-0.3, -0.25) is 0 Å². The molecule has 3 aromatic carbocycles. The summed E-state index contributed by atoms with van der Waals surface area (Å²) in [6.07, 6.45) is -4.84. The first-order valence-corrected chi connectivity index (χ1v) is 11.5. The molecule has 0 spiro atoms. The minimum Gasteiger partial charge on any atom is -0.507 e. The van der Waals surface area contributed by atoms with Gasteiger partial charge in [-0.1, -0.05) is 6.07 Å². The molecule has 9 heteroatoms. The normalized spacial score (nSPS) is 26.6. The second-order valence-electron chi connectivity index (χ2n) is 9.54. The molecule has 5 rings (SSSR count). The Morgan fingerprint density at radius 1 is 0.944 bits per heavy atom. The number of aryl methyl sites for hydroxylation is 1. The molecule has 190 valence electrons. The Bertz CT molecular complexity index is 1570. The standard InChI is InChI=1S/C27H28O9/c1-11-8-15-19(17(9-11)33-4)14-10-18(34-5)21-16(28)7-6-13(20(21)22(14)36-26(15)31)23-25(30)27(3,32)24(29)12(2)35-23/h6-10,12,23-25,28-30,32H,1-5H3/t12-,23-,24+,25+,27-/m0/s1. The van der Waals surface area contributed by atoms with Crippen molar-refractivity contribution in [3.05, 3.63) is 51.9 Å². The maximum absolute atomic E-state index is 13.2. The van der Waals surface area contributed by atoms with E-state index in [9.17, 15) is 25.2 Å². The van der Waals surface area contributed by atoms with Crippen LogP contribution >= 0.6 is 0 Å². The molecule has 0 amide bonds. The highest BCUT2D eigenvalue weighted by atomic mass is 16.5. The first-order chi connectivity index (χ1) is 17.0. The quantitative estimate of drug-likeness (QED) is 0.249. The Labute approximate surface area is 206 Å². The summed E-state index contributed by atoms with van der Waals surface area (Å²) >= 11 is 0. The summed E-state index contributed by atoms with van der Waals surface area (Å²) in [5.74, 6) is 0.607. The van der Waals surface area contributed by atoms with Crippen LogP contribution in [0.15, 0.2) is 39.5 Å². The van der Waals surface area contributed by atoms with Gasteiger partial charge in [0.2, 0.25) is 0 Å². The van der Waals surface area contributed by atoms with Crippen LogP contribution in [0.1, 0.15) is 31.1 Å². The van der Waals surface area contributed by atoms with Gasteiger partial charge in [-0.15, -0.1) is 0 Å². The fourth-order valence-electron chi connectivity index (χ4n) is 5.28. The lowest BCUT2D eigenvalue weighted by atomic mass is 9.80. The topological polar surface area (TPSA) is 139 Å². The van der Waals surface area contributed by atoms with Crippen molar-refractivity contribution in [2.24, 2.45) is 0 Å². The van der Waals surface area contributed by atoms with Gasteiger partial charge in [0.05, 0.1) is 31.1 Å². The molecule has 0 unspecified atom stereocenters. The summed E-state index contributed by atoms with van der Waals surface area (Å²) in [6, 6.07) is 8.11. The molecule has 9 nitrogen and oxygen atoms in total. The Morgan fingerprint density at radius 2 is 1.61 bits per heavy atom. The molecule has 0 aliphatic carbocycles. The van der Waals surface area contributed by atoms with Crippen molar-refractivity contribution < 1.29 is 39.1 Å². The van der Waals surface area contributed by atoms with Gasteiger partial charge >= 0.3 is 5.63 Å². The summed E-state index contributed by atoms with van der Waals surface area (Å²) in [7, 11) is 2.95. The Balaban J connectivity index is 1.97. The van der Waals surface area contributed by atoms with E-state index in [4.69, 9.17) is 18.6 Å². The molecule has 1 aromatic heterocycles. The zero-order chi connectivity index (χ0) is 26.1. The lowest BCUT2D eigenvalue weighted by Gasteiger charge is -2.46. The maximum Gasteiger partial charge on any atom is 0.344 e. The second kappa shape index (κ2) is 8.35. The molecule has 1 saturated heterocycles. The Hall–Kier alpha value is -3.37. The van der Waals surface area contributed by atoms with Crippen LogP contribution < -0.4 is 15.1 Å². The lowest BCUT2D eigenvalue weighted by molar-refractivity contribution is -0.261. The fourth-order valence-corrected chi connectivity index (χ4v) is 5.28. The van der Waals surface area contributed by atoms with Crippen molar-refractivity contribution in [3.8, 4) is 17.2 Å². The van der Waals surface area contributed by atoms with Crippen molar-refractivity contribution in [3.63, 3.8) is 0 Å². The van der Waals surface area contributed by atoms with Crippen molar-refractivity contribution in [2.45, 2.75) is 50.8 Å².